The summed E-state index contributed by atoms with van der Waals surface area (Å²) >= 11 is 0. The Morgan fingerprint density at radius 2 is 1.92 bits per heavy atom. The molecular formula is C18H19N3O3. The van der Waals surface area contributed by atoms with Crippen LogP contribution in [0, 0.1) is 6.92 Å². The van der Waals surface area contributed by atoms with Crippen molar-refractivity contribution in [3.05, 3.63) is 58.4 Å². The minimum absolute atomic E-state index is 0.0542. The molecular weight excluding hydrogens is 306 g/mol. The fourth-order valence-electron chi connectivity index (χ4n) is 3.17. The summed E-state index contributed by atoms with van der Waals surface area (Å²) in [4.78, 5) is 39.5. The molecule has 0 bridgehead atoms. The van der Waals surface area contributed by atoms with Gasteiger partial charge in [0.25, 0.3) is 5.91 Å². The first-order valence-electron chi connectivity index (χ1n) is 7.88. The summed E-state index contributed by atoms with van der Waals surface area (Å²) in [6.07, 6.45) is 2.02. The molecule has 0 saturated heterocycles. The van der Waals surface area contributed by atoms with E-state index in [1.165, 1.54) is 0 Å². The topological polar surface area (TPSA) is 105 Å². The molecule has 1 unspecified atom stereocenters. The molecule has 0 saturated carbocycles. The van der Waals surface area contributed by atoms with Gasteiger partial charge in [0.2, 0.25) is 5.91 Å². The van der Waals surface area contributed by atoms with Crippen molar-refractivity contribution >= 4 is 17.6 Å². The Morgan fingerprint density at radius 1 is 1.21 bits per heavy atom. The predicted octanol–water partition coefficient (Wildman–Crippen LogP) is 1.80. The van der Waals surface area contributed by atoms with Crippen LogP contribution in [0.25, 0.3) is 0 Å². The van der Waals surface area contributed by atoms with Gasteiger partial charge in [0.05, 0.1) is 0 Å². The van der Waals surface area contributed by atoms with Gasteiger partial charge in [-0.2, -0.15) is 0 Å². The van der Waals surface area contributed by atoms with Crippen LogP contribution in [0.3, 0.4) is 0 Å². The van der Waals surface area contributed by atoms with E-state index < -0.39 is 17.9 Å². The Labute approximate surface area is 139 Å². The number of H-pyrrole nitrogens is 1. The van der Waals surface area contributed by atoms with Crippen molar-refractivity contribution in [1.29, 1.82) is 0 Å². The minimum atomic E-state index is -0.922. The number of rotatable bonds is 4. The first-order chi connectivity index (χ1) is 11.5. The van der Waals surface area contributed by atoms with Gasteiger partial charge in [0.1, 0.15) is 11.7 Å². The summed E-state index contributed by atoms with van der Waals surface area (Å²) in [7, 11) is 0. The van der Waals surface area contributed by atoms with E-state index >= 15 is 0 Å². The van der Waals surface area contributed by atoms with Gasteiger partial charge in [-0.3, -0.25) is 14.4 Å². The van der Waals surface area contributed by atoms with Crippen LogP contribution in [-0.2, 0) is 11.2 Å². The number of Topliss-reactive ketones (excluding diaryl/α,β-unsaturated/α-hetero) is 1. The largest absolute Gasteiger partial charge is 0.368 e. The number of amides is 2. The molecule has 2 amide bonds. The highest BCUT2D eigenvalue weighted by molar-refractivity contribution is 6.05. The van der Waals surface area contributed by atoms with E-state index in [1.54, 1.807) is 31.2 Å². The highest BCUT2D eigenvalue weighted by Crippen LogP contribution is 2.26. The van der Waals surface area contributed by atoms with Crippen molar-refractivity contribution in [1.82, 2.24) is 10.3 Å². The monoisotopic (exact) mass is 325 g/mol. The highest BCUT2D eigenvalue weighted by Gasteiger charge is 2.28. The molecule has 124 valence electrons. The molecule has 24 heavy (non-hydrogen) atoms. The highest BCUT2D eigenvalue weighted by atomic mass is 16.2. The van der Waals surface area contributed by atoms with Crippen molar-refractivity contribution in [2.45, 2.75) is 32.2 Å². The van der Waals surface area contributed by atoms with Crippen LogP contribution in [0.15, 0.2) is 30.3 Å². The number of nitrogens with two attached hydrogens (primary N) is 1. The molecule has 0 spiro atoms. The first kappa shape index (κ1) is 16.0. The zero-order chi connectivity index (χ0) is 17.3. The Bertz CT molecular complexity index is 808. The second-order valence-electron chi connectivity index (χ2n) is 5.97. The standard InChI is InChI=1S/C18H19N3O3/c1-10-14-12(8-5-9-13(14)22)20-15(10)18(24)21-16(17(19)23)11-6-3-2-4-7-11/h2-4,6-7,16,20H,5,8-9H2,1H3,(H2,19,23)(H,21,24). The molecule has 6 heteroatoms. The third-order valence-corrected chi connectivity index (χ3v) is 4.36. The first-order valence-corrected chi connectivity index (χ1v) is 7.88. The molecule has 0 fully saturated rings. The number of primary amides is 1. The third kappa shape index (κ3) is 2.82. The molecule has 1 aromatic heterocycles. The van der Waals surface area contributed by atoms with E-state index in [1.807, 2.05) is 6.07 Å². The number of carbonyl (C=O) groups is 3. The van der Waals surface area contributed by atoms with E-state index in [0.29, 0.717) is 28.8 Å². The number of ketones is 1. The van der Waals surface area contributed by atoms with Crippen molar-refractivity contribution < 1.29 is 14.4 Å². The summed E-state index contributed by atoms with van der Waals surface area (Å²) in [5.74, 6) is -1.03. The number of nitrogens with one attached hydrogen (secondary N) is 2. The van der Waals surface area contributed by atoms with E-state index in [9.17, 15) is 14.4 Å². The number of benzene rings is 1. The van der Waals surface area contributed by atoms with Crippen LogP contribution >= 0.6 is 0 Å². The number of aryl methyl sites for hydroxylation is 1. The van der Waals surface area contributed by atoms with Crippen molar-refractivity contribution in [2.24, 2.45) is 5.73 Å². The van der Waals surface area contributed by atoms with Gasteiger partial charge < -0.3 is 16.0 Å². The molecule has 1 atom stereocenters. The number of aromatic nitrogens is 1. The average Bonchev–Trinajstić information content (AvgIpc) is 2.91. The van der Waals surface area contributed by atoms with Crippen LogP contribution in [0.4, 0.5) is 0 Å². The fourth-order valence-corrected chi connectivity index (χ4v) is 3.17. The van der Waals surface area contributed by atoms with Gasteiger partial charge in [0, 0.05) is 17.7 Å². The molecule has 0 aliphatic heterocycles. The van der Waals surface area contributed by atoms with Crippen molar-refractivity contribution in [2.75, 3.05) is 0 Å². The van der Waals surface area contributed by atoms with Crippen LogP contribution in [0.5, 0.6) is 0 Å². The van der Waals surface area contributed by atoms with Gasteiger partial charge in [-0.1, -0.05) is 30.3 Å². The maximum atomic E-state index is 12.6. The summed E-state index contributed by atoms with van der Waals surface area (Å²) in [5, 5.41) is 2.66. The number of aromatic amines is 1. The lowest BCUT2D eigenvalue weighted by Crippen LogP contribution is -2.37. The third-order valence-electron chi connectivity index (χ3n) is 4.36. The lowest BCUT2D eigenvalue weighted by molar-refractivity contribution is -0.120. The van der Waals surface area contributed by atoms with Gasteiger partial charge in [0.15, 0.2) is 5.78 Å². The lowest BCUT2D eigenvalue weighted by atomic mass is 9.93. The molecule has 0 radical (unpaired) electrons. The van der Waals surface area contributed by atoms with Crippen LogP contribution in [0.1, 0.15) is 56.6 Å². The maximum Gasteiger partial charge on any atom is 0.268 e. The number of hydrogen-bond donors (Lipinski definition) is 3. The molecule has 1 aliphatic carbocycles. The number of fused-ring (bicyclic) bond motifs is 1. The van der Waals surface area contributed by atoms with E-state index in [0.717, 1.165) is 18.5 Å². The van der Waals surface area contributed by atoms with Crippen LogP contribution < -0.4 is 11.1 Å². The van der Waals surface area contributed by atoms with Crippen molar-refractivity contribution in [3.63, 3.8) is 0 Å². The number of hydrogen-bond acceptors (Lipinski definition) is 3. The maximum absolute atomic E-state index is 12.6. The Kier molecular flexibility index (Phi) is 4.20. The van der Waals surface area contributed by atoms with Crippen molar-refractivity contribution in [3.8, 4) is 0 Å². The van der Waals surface area contributed by atoms with E-state index in [-0.39, 0.29) is 5.78 Å². The normalized spacial score (nSPS) is 14.8. The lowest BCUT2D eigenvalue weighted by Gasteiger charge is -2.15. The average molecular weight is 325 g/mol. The van der Waals surface area contributed by atoms with Crippen LogP contribution in [0.2, 0.25) is 0 Å². The SMILES string of the molecule is Cc1c(C(=O)NC(C(N)=O)c2ccccc2)[nH]c2c1C(=O)CCC2. The Hall–Kier alpha value is -2.89. The van der Waals surface area contributed by atoms with E-state index in [2.05, 4.69) is 10.3 Å². The molecule has 6 nitrogen and oxygen atoms in total. The van der Waals surface area contributed by atoms with Gasteiger partial charge in [-0.05, 0) is 30.9 Å². The minimum Gasteiger partial charge on any atom is -0.368 e. The Morgan fingerprint density at radius 3 is 2.54 bits per heavy atom. The second kappa shape index (κ2) is 6.31. The van der Waals surface area contributed by atoms with Gasteiger partial charge in [-0.15, -0.1) is 0 Å². The Balaban J connectivity index is 1.89. The van der Waals surface area contributed by atoms with Gasteiger partial charge >= 0.3 is 0 Å². The van der Waals surface area contributed by atoms with Crippen LogP contribution in [-0.4, -0.2) is 22.6 Å². The zero-order valence-corrected chi connectivity index (χ0v) is 13.4. The quantitative estimate of drug-likeness (QED) is 0.798. The molecule has 2 aromatic rings. The second-order valence-corrected chi connectivity index (χ2v) is 5.97. The number of carbonyl (C=O) groups excluding carboxylic acids is 3. The molecule has 1 aliphatic rings. The summed E-state index contributed by atoms with van der Waals surface area (Å²) in [6, 6.07) is 7.90. The molecule has 1 aromatic carbocycles. The fraction of sp³-hybridized carbons (Fsp3) is 0.278. The zero-order valence-electron chi connectivity index (χ0n) is 13.4. The predicted molar refractivity (Wildman–Crippen MR) is 88.6 cm³/mol. The van der Waals surface area contributed by atoms with Gasteiger partial charge in [-0.25, -0.2) is 0 Å². The smallest absolute Gasteiger partial charge is 0.268 e. The summed E-state index contributed by atoms with van der Waals surface area (Å²) in [6.45, 7) is 1.75. The van der Waals surface area contributed by atoms with E-state index in [4.69, 9.17) is 5.73 Å². The summed E-state index contributed by atoms with van der Waals surface area (Å²) < 4.78 is 0. The molecule has 3 rings (SSSR count). The molecule has 1 heterocycles. The molecule has 4 N–H and O–H groups in total. The summed E-state index contributed by atoms with van der Waals surface area (Å²) in [5.41, 5.74) is 8.40.